The summed E-state index contributed by atoms with van der Waals surface area (Å²) >= 11 is 0. The van der Waals surface area contributed by atoms with Gasteiger partial charge in [0.05, 0.1) is 0 Å². The summed E-state index contributed by atoms with van der Waals surface area (Å²) in [5.74, 6) is 0. The van der Waals surface area contributed by atoms with Gasteiger partial charge < -0.3 is 28.8 Å². The van der Waals surface area contributed by atoms with E-state index in [4.69, 9.17) is 42.2 Å². The Hall–Kier alpha value is -0.149. The summed E-state index contributed by atoms with van der Waals surface area (Å²) in [6.07, 6.45) is 0. The molecule has 13 heavy (non-hydrogen) atoms. The van der Waals surface area contributed by atoms with Crippen LogP contribution in [0.1, 0.15) is 0 Å². The fourth-order valence-electron chi connectivity index (χ4n) is 0. The SMILES string of the molecule is O=[Si](O)O.O=[Si](O)O.O=[Si](O)O.[NaH]. The third kappa shape index (κ3) is 51600. The van der Waals surface area contributed by atoms with Gasteiger partial charge >= 0.3 is 57.1 Å². The van der Waals surface area contributed by atoms with E-state index in [0.717, 1.165) is 0 Å². The molecule has 6 N–H and O–H groups in total. The van der Waals surface area contributed by atoms with Crippen molar-refractivity contribution in [3.63, 3.8) is 0 Å². The molecule has 0 aromatic heterocycles. The second-order valence-electron chi connectivity index (χ2n) is 0.848. The molecule has 0 radical (unpaired) electrons. The minimum atomic E-state index is -3.13. The second kappa shape index (κ2) is 17.8. The van der Waals surface area contributed by atoms with Gasteiger partial charge in [0.15, 0.2) is 0 Å². The van der Waals surface area contributed by atoms with Gasteiger partial charge in [-0.3, -0.25) is 13.4 Å². The van der Waals surface area contributed by atoms with Gasteiger partial charge in [0, 0.05) is 0 Å². The zero-order valence-corrected chi connectivity index (χ0v) is 8.41. The van der Waals surface area contributed by atoms with Gasteiger partial charge in [0.25, 0.3) is 0 Å². The van der Waals surface area contributed by atoms with Crippen LogP contribution in [0.25, 0.3) is 0 Å². The van der Waals surface area contributed by atoms with Crippen molar-refractivity contribution in [1.82, 2.24) is 0 Å². The minimum absolute atomic E-state index is 0. The second-order valence-corrected chi connectivity index (χ2v) is 2.54. The molecular weight excluding hydrogens is 251 g/mol. The van der Waals surface area contributed by atoms with Crippen molar-refractivity contribution >= 4 is 57.1 Å². The fraction of sp³-hybridized carbons (Fsp3) is 0. The molecule has 0 saturated carbocycles. The Kier molecular flexibility index (Phi) is 31.6. The molecule has 74 valence electrons. The van der Waals surface area contributed by atoms with Gasteiger partial charge in [-0.15, -0.1) is 0 Å². The summed E-state index contributed by atoms with van der Waals surface area (Å²) in [4.78, 5) is 42.9. The van der Waals surface area contributed by atoms with E-state index in [2.05, 4.69) is 0 Å². The van der Waals surface area contributed by atoms with Crippen molar-refractivity contribution in [2.45, 2.75) is 0 Å². The molecule has 0 spiro atoms. The summed E-state index contributed by atoms with van der Waals surface area (Å²) in [7, 11) is -9.39. The molecule has 0 fully saturated rings. The van der Waals surface area contributed by atoms with Crippen molar-refractivity contribution in [3.8, 4) is 0 Å². The zero-order chi connectivity index (χ0) is 10.7. The molecule has 0 heterocycles. The third-order valence-electron chi connectivity index (χ3n) is 0. The third-order valence-corrected chi connectivity index (χ3v) is 0. The molecule has 0 unspecified atom stereocenters. The fourth-order valence-corrected chi connectivity index (χ4v) is 0. The molecule has 0 aliphatic heterocycles. The van der Waals surface area contributed by atoms with E-state index in [1.54, 1.807) is 0 Å². The molecule has 13 heteroatoms. The summed E-state index contributed by atoms with van der Waals surface area (Å²) in [6.45, 7) is 0. The molecule has 0 aromatic carbocycles. The summed E-state index contributed by atoms with van der Waals surface area (Å²) < 4.78 is 26.2. The van der Waals surface area contributed by atoms with E-state index < -0.39 is 27.5 Å². The summed E-state index contributed by atoms with van der Waals surface area (Å²) in [5.41, 5.74) is 0. The Labute approximate surface area is 98.9 Å². The predicted octanol–water partition coefficient (Wildman–Crippen LogP) is -5.49. The quantitative estimate of drug-likeness (QED) is 0.232. The van der Waals surface area contributed by atoms with Crippen LogP contribution in [0.5, 0.6) is 0 Å². The summed E-state index contributed by atoms with van der Waals surface area (Å²) in [6, 6.07) is 0. The molecule has 9 nitrogen and oxygen atoms in total. The van der Waals surface area contributed by atoms with Gasteiger partial charge in [-0.1, -0.05) is 0 Å². The van der Waals surface area contributed by atoms with Crippen LogP contribution in [0.3, 0.4) is 0 Å². The van der Waals surface area contributed by atoms with Crippen LogP contribution in [-0.4, -0.2) is 85.8 Å². The average Bonchev–Trinajstić information content (AvgIpc) is 1.54. The molecule has 0 bridgehead atoms. The van der Waals surface area contributed by atoms with Gasteiger partial charge in [-0.05, 0) is 0 Å². The van der Waals surface area contributed by atoms with Crippen molar-refractivity contribution < 1.29 is 42.2 Å². The Bertz CT molecular complexity index is 112. The van der Waals surface area contributed by atoms with Crippen molar-refractivity contribution in [3.05, 3.63) is 0 Å². The van der Waals surface area contributed by atoms with Crippen molar-refractivity contribution in [2.75, 3.05) is 0 Å². The Balaban J connectivity index is -0.0000000450. The van der Waals surface area contributed by atoms with Crippen LogP contribution < -0.4 is 0 Å². The van der Waals surface area contributed by atoms with Crippen LogP contribution in [0.4, 0.5) is 0 Å². The zero-order valence-electron chi connectivity index (χ0n) is 5.41. The first-order valence-electron chi connectivity index (χ1n) is 1.95. The molecule has 0 aliphatic carbocycles. The summed E-state index contributed by atoms with van der Waals surface area (Å²) in [5, 5.41) is 0. The van der Waals surface area contributed by atoms with E-state index in [-0.39, 0.29) is 29.6 Å². The standard InChI is InChI=1S/Na.3H2O3Si.H/c;3*1-4(2)3;/h;3*1-2H;. The van der Waals surface area contributed by atoms with Crippen LogP contribution in [0.2, 0.25) is 0 Å². The molecule has 0 saturated heterocycles. The van der Waals surface area contributed by atoms with E-state index in [1.165, 1.54) is 0 Å². The first-order valence-corrected chi connectivity index (χ1v) is 5.86. The number of hydrogen-bond acceptors (Lipinski definition) is 3. The van der Waals surface area contributed by atoms with E-state index in [9.17, 15) is 0 Å². The molecule has 0 atom stereocenters. The normalized spacial score (nSPS) is 5.54. The number of hydrogen-bond donors (Lipinski definition) is 6. The average molecular weight is 258 g/mol. The Morgan fingerprint density at radius 2 is 0.538 bits per heavy atom. The molecule has 0 rings (SSSR count). The molecule has 0 aromatic rings. The van der Waals surface area contributed by atoms with E-state index in [0.29, 0.717) is 0 Å². The van der Waals surface area contributed by atoms with Gasteiger partial charge in [0.1, 0.15) is 0 Å². The Morgan fingerprint density at radius 3 is 0.538 bits per heavy atom. The van der Waals surface area contributed by atoms with Crippen molar-refractivity contribution in [1.29, 1.82) is 0 Å². The van der Waals surface area contributed by atoms with Crippen molar-refractivity contribution in [2.24, 2.45) is 0 Å². The maximum absolute atomic E-state index is 8.74. The molecule has 0 aliphatic rings. The van der Waals surface area contributed by atoms with Gasteiger partial charge in [0.2, 0.25) is 0 Å². The Morgan fingerprint density at radius 1 is 0.538 bits per heavy atom. The van der Waals surface area contributed by atoms with Gasteiger partial charge in [-0.2, -0.15) is 0 Å². The van der Waals surface area contributed by atoms with E-state index >= 15 is 0 Å². The molecule has 0 amide bonds. The topological polar surface area (TPSA) is 173 Å². The van der Waals surface area contributed by atoms with Crippen LogP contribution in [0.15, 0.2) is 0 Å². The maximum atomic E-state index is 8.74. The first-order chi connectivity index (χ1) is 5.20. The van der Waals surface area contributed by atoms with Crippen LogP contribution in [-0.2, 0) is 13.4 Å². The predicted molar refractivity (Wildman–Crippen MR) is 39.8 cm³/mol. The van der Waals surface area contributed by atoms with Crippen LogP contribution in [0, 0.1) is 0 Å². The van der Waals surface area contributed by atoms with E-state index in [1.807, 2.05) is 0 Å². The molecular formula is H7NaO9Si3. The monoisotopic (exact) mass is 258 g/mol. The number of rotatable bonds is 0. The van der Waals surface area contributed by atoms with Crippen LogP contribution >= 0.6 is 0 Å². The first kappa shape index (κ1) is 23.0. The van der Waals surface area contributed by atoms with Gasteiger partial charge in [-0.25, -0.2) is 0 Å².